The normalized spacial score (nSPS) is 22.8. The Kier molecular flexibility index (Phi) is 3.82. The second-order valence-corrected chi connectivity index (χ2v) is 6.59. The van der Waals surface area contributed by atoms with Crippen molar-refractivity contribution < 1.29 is 0 Å². The summed E-state index contributed by atoms with van der Waals surface area (Å²) in [5.74, 6) is 0.797. The molecule has 0 aliphatic heterocycles. The van der Waals surface area contributed by atoms with Gasteiger partial charge in [-0.2, -0.15) is 0 Å². The minimum absolute atomic E-state index is 0.517. The van der Waals surface area contributed by atoms with Crippen LogP contribution in [-0.4, -0.2) is 6.54 Å². The largest absolute Gasteiger partial charge is 0.310 e. The Morgan fingerprint density at radius 3 is 2.50 bits per heavy atom. The van der Waals surface area contributed by atoms with Crippen molar-refractivity contribution in [1.29, 1.82) is 0 Å². The van der Waals surface area contributed by atoms with Crippen molar-refractivity contribution in [2.45, 2.75) is 53.5 Å². The Morgan fingerprint density at radius 2 is 2.00 bits per heavy atom. The molecule has 1 fully saturated rings. The predicted molar refractivity (Wildman–Crippen MR) is 78.8 cm³/mol. The first kappa shape index (κ1) is 13.6. The molecule has 1 aliphatic rings. The highest BCUT2D eigenvalue weighted by atomic mass is 14.9. The molecule has 2 atom stereocenters. The van der Waals surface area contributed by atoms with Crippen molar-refractivity contribution >= 4 is 0 Å². The molecule has 1 aliphatic carbocycles. The first-order valence-electron chi connectivity index (χ1n) is 7.26. The van der Waals surface area contributed by atoms with Crippen molar-refractivity contribution in [2.75, 3.05) is 6.54 Å². The molecule has 1 aromatic rings. The maximum atomic E-state index is 3.76. The monoisotopic (exact) mass is 245 g/mol. The van der Waals surface area contributed by atoms with E-state index in [9.17, 15) is 0 Å². The number of hydrogen-bond acceptors (Lipinski definition) is 1. The second-order valence-electron chi connectivity index (χ2n) is 6.59. The summed E-state index contributed by atoms with van der Waals surface area (Å²) in [6.07, 6.45) is 2.55. The van der Waals surface area contributed by atoms with Gasteiger partial charge >= 0.3 is 0 Å². The Hall–Kier alpha value is -0.820. The smallest absolute Gasteiger partial charge is 0.0356 e. The van der Waals surface area contributed by atoms with E-state index < -0.39 is 0 Å². The van der Waals surface area contributed by atoms with E-state index in [1.807, 2.05) is 0 Å². The summed E-state index contributed by atoms with van der Waals surface area (Å²) in [7, 11) is 0. The van der Waals surface area contributed by atoms with Crippen LogP contribution in [0.4, 0.5) is 0 Å². The van der Waals surface area contributed by atoms with E-state index in [4.69, 9.17) is 0 Å². The van der Waals surface area contributed by atoms with Gasteiger partial charge in [-0.15, -0.1) is 0 Å². The molecule has 0 amide bonds. The molecule has 0 spiro atoms. The van der Waals surface area contributed by atoms with Crippen molar-refractivity contribution in [3.8, 4) is 0 Å². The van der Waals surface area contributed by atoms with Crippen molar-refractivity contribution in [1.82, 2.24) is 5.32 Å². The van der Waals surface area contributed by atoms with Crippen LogP contribution in [0.3, 0.4) is 0 Å². The number of aryl methyl sites for hydroxylation is 2. The van der Waals surface area contributed by atoms with Gasteiger partial charge < -0.3 is 5.32 Å². The van der Waals surface area contributed by atoms with Gasteiger partial charge in [0.25, 0.3) is 0 Å². The van der Waals surface area contributed by atoms with Gasteiger partial charge in [0.1, 0.15) is 0 Å². The highest BCUT2D eigenvalue weighted by Gasteiger charge is 2.50. The third-order valence-electron chi connectivity index (χ3n) is 4.37. The predicted octanol–water partition coefficient (Wildman–Crippen LogP) is 4.39. The molecule has 1 N–H and O–H groups in total. The number of hydrogen-bond donors (Lipinski definition) is 1. The van der Waals surface area contributed by atoms with Crippen LogP contribution in [0.15, 0.2) is 18.2 Å². The zero-order valence-electron chi connectivity index (χ0n) is 12.5. The highest BCUT2D eigenvalue weighted by molar-refractivity contribution is 5.34. The lowest BCUT2D eigenvalue weighted by molar-refractivity contribution is 0.414. The van der Waals surface area contributed by atoms with Crippen LogP contribution in [0.25, 0.3) is 0 Å². The van der Waals surface area contributed by atoms with Gasteiger partial charge in [0.05, 0.1) is 0 Å². The molecule has 0 heterocycles. The van der Waals surface area contributed by atoms with Gasteiger partial charge in [-0.25, -0.2) is 0 Å². The molecule has 100 valence electrons. The maximum absolute atomic E-state index is 3.76. The molecule has 0 saturated heterocycles. The molecule has 1 nitrogen and oxygen atoms in total. The fourth-order valence-corrected chi connectivity index (χ4v) is 3.02. The van der Waals surface area contributed by atoms with E-state index in [-0.39, 0.29) is 0 Å². The molecule has 0 bridgehead atoms. The molecule has 2 unspecified atom stereocenters. The minimum Gasteiger partial charge on any atom is -0.310 e. The second kappa shape index (κ2) is 5.05. The average Bonchev–Trinajstić information content (AvgIpc) is 2.91. The molecule has 0 aromatic heterocycles. The van der Waals surface area contributed by atoms with Gasteiger partial charge in [0.2, 0.25) is 0 Å². The van der Waals surface area contributed by atoms with Crippen molar-refractivity contribution in [2.24, 2.45) is 11.3 Å². The summed E-state index contributed by atoms with van der Waals surface area (Å²) in [6, 6.07) is 7.43. The Balaban J connectivity index is 2.23. The highest BCUT2D eigenvalue weighted by Crippen LogP contribution is 2.58. The van der Waals surface area contributed by atoms with Gasteiger partial charge in [-0.3, -0.25) is 0 Å². The summed E-state index contributed by atoms with van der Waals surface area (Å²) >= 11 is 0. The lowest BCUT2D eigenvalue weighted by Crippen LogP contribution is -2.26. The van der Waals surface area contributed by atoms with Gasteiger partial charge in [0.15, 0.2) is 0 Å². The van der Waals surface area contributed by atoms with E-state index in [0.29, 0.717) is 11.5 Å². The average molecular weight is 245 g/mol. The van der Waals surface area contributed by atoms with Crippen LogP contribution in [0.5, 0.6) is 0 Å². The maximum Gasteiger partial charge on any atom is 0.0356 e. The Morgan fingerprint density at radius 1 is 1.33 bits per heavy atom. The Labute approximate surface area is 112 Å². The van der Waals surface area contributed by atoms with E-state index in [1.54, 1.807) is 0 Å². The van der Waals surface area contributed by atoms with Crippen LogP contribution >= 0.6 is 0 Å². The molecule has 1 saturated carbocycles. The van der Waals surface area contributed by atoms with Gasteiger partial charge in [0, 0.05) is 6.04 Å². The number of benzene rings is 1. The summed E-state index contributed by atoms with van der Waals surface area (Å²) in [6.45, 7) is 12.6. The van der Waals surface area contributed by atoms with E-state index in [1.165, 1.54) is 29.5 Å². The summed E-state index contributed by atoms with van der Waals surface area (Å²) in [5.41, 5.74) is 4.82. The molecule has 1 aromatic carbocycles. The number of nitrogens with one attached hydrogen (secondary N) is 1. The van der Waals surface area contributed by atoms with Crippen molar-refractivity contribution in [3.05, 3.63) is 34.9 Å². The molecule has 0 radical (unpaired) electrons. The van der Waals surface area contributed by atoms with Crippen molar-refractivity contribution in [3.63, 3.8) is 0 Å². The zero-order chi connectivity index (χ0) is 13.3. The van der Waals surface area contributed by atoms with E-state index >= 15 is 0 Å². The molecule has 18 heavy (non-hydrogen) atoms. The van der Waals surface area contributed by atoms with Crippen LogP contribution in [0.2, 0.25) is 0 Å². The molecule has 2 rings (SSSR count). The first-order chi connectivity index (χ1) is 8.45. The topological polar surface area (TPSA) is 12.0 Å². The minimum atomic E-state index is 0.517. The Bertz CT molecular complexity index is 420. The number of rotatable bonds is 5. The molecular weight excluding hydrogens is 218 g/mol. The third-order valence-corrected chi connectivity index (χ3v) is 4.37. The molecule has 1 heteroatoms. The SMILES string of the molecule is CCCNC(c1ccc(C)cc1C)C1CC1(C)C. The zero-order valence-corrected chi connectivity index (χ0v) is 12.5. The van der Waals surface area contributed by atoms with Crippen LogP contribution in [-0.2, 0) is 0 Å². The van der Waals surface area contributed by atoms with Gasteiger partial charge in [-0.1, -0.05) is 44.5 Å². The molecular formula is C17H27N. The van der Waals surface area contributed by atoms with Gasteiger partial charge in [-0.05, 0) is 55.7 Å². The lowest BCUT2D eigenvalue weighted by atomic mass is 9.92. The third kappa shape index (κ3) is 2.77. The fraction of sp³-hybridized carbons (Fsp3) is 0.647. The summed E-state index contributed by atoms with van der Waals surface area (Å²) in [4.78, 5) is 0. The van der Waals surface area contributed by atoms with Crippen LogP contribution in [0.1, 0.15) is 56.3 Å². The standard InChI is InChI=1S/C17H27N/c1-6-9-18-16(15-11-17(15,4)5)14-8-7-12(2)10-13(14)3/h7-8,10,15-16,18H,6,9,11H2,1-5H3. The summed E-state index contributed by atoms with van der Waals surface area (Å²) in [5, 5.41) is 3.76. The lowest BCUT2D eigenvalue weighted by Gasteiger charge is -2.23. The fourth-order valence-electron chi connectivity index (χ4n) is 3.02. The van der Waals surface area contributed by atoms with Crippen LogP contribution < -0.4 is 5.32 Å². The van der Waals surface area contributed by atoms with E-state index in [2.05, 4.69) is 58.1 Å². The van der Waals surface area contributed by atoms with E-state index in [0.717, 1.165) is 12.5 Å². The first-order valence-corrected chi connectivity index (χ1v) is 7.26. The summed E-state index contributed by atoms with van der Waals surface area (Å²) < 4.78 is 0. The van der Waals surface area contributed by atoms with Crippen LogP contribution in [0, 0.1) is 25.2 Å². The quantitative estimate of drug-likeness (QED) is 0.811.